The lowest BCUT2D eigenvalue weighted by Gasteiger charge is -2.08. The van der Waals surface area contributed by atoms with Gasteiger partial charge >= 0.3 is 0 Å². The third-order valence-electron chi connectivity index (χ3n) is 2.63. The van der Waals surface area contributed by atoms with E-state index in [2.05, 4.69) is 31.3 Å². The highest BCUT2D eigenvalue weighted by molar-refractivity contribution is 7.99. The molecule has 14 heavy (non-hydrogen) atoms. The lowest BCUT2D eigenvalue weighted by atomic mass is 10.2. The molecule has 2 heterocycles. The Labute approximate surface area is 89.4 Å². The van der Waals surface area contributed by atoms with Gasteiger partial charge in [0, 0.05) is 18.2 Å². The van der Waals surface area contributed by atoms with Crippen LogP contribution in [0.4, 0.5) is 0 Å². The summed E-state index contributed by atoms with van der Waals surface area (Å²) >= 11 is 1.95. The third-order valence-corrected chi connectivity index (χ3v) is 3.93. The van der Waals surface area contributed by atoms with Crippen molar-refractivity contribution < 1.29 is 4.42 Å². The molecule has 0 aromatic carbocycles. The summed E-state index contributed by atoms with van der Waals surface area (Å²) < 4.78 is 5.73. The van der Waals surface area contributed by atoms with Crippen LogP contribution in [0.5, 0.6) is 0 Å². The van der Waals surface area contributed by atoms with E-state index in [0.29, 0.717) is 11.4 Å². The van der Waals surface area contributed by atoms with Crippen LogP contribution in [0.2, 0.25) is 0 Å². The minimum absolute atomic E-state index is 0.375. The van der Waals surface area contributed by atoms with Crippen molar-refractivity contribution >= 4 is 11.8 Å². The second-order valence-corrected chi connectivity index (χ2v) is 4.78. The zero-order valence-electron chi connectivity index (χ0n) is 8.75. The highest BCUT2D eigenvalue weighted by Gasteiger charge is 2.26. The van der Waals surface area contributed by atoms with Crippen molar-refractivity contribution in [1.29, 1.82) is 0 Å². The first-order chi connectivity index (χ1) is 6.83. The Kier molecular flexibility index (Phi) is 3.19. The largest absolute Gasteiger partial charge is 0.464 e. The van der Waals surface area contributed by atoms with Gasteiger partial charge in [-0.2, -0.15) is 0 Å². The van der Waals surface area contributed by atoms with Gasteiger partial charge in [0.15, 0.2) is 0 Å². The summed E-state index contributed by atoms with van der Waals surface area (Å²) in [7, 11) is 0. The van der Waals surface area contributed by atoms with Crippen molar-refractivity contribution in [3.8, 4) is 0 Å². The van der Waals surface area contributed by atoms with Crippen LogP contribution in [-0.2, 0) is 6.42 Å². The third kappa shape index (κ3) is 1.98. The number of hydrogen-bond acceptors (Lipinski definition) is 3. The highest BCUT2D eigenvalue weighted by atomic mass is 32.2. The number of aryl methyl sites for hydroxylation is 1. The minimum atomic E-state index is 0.375. The van der Waals surface area contributed by atoms with Crippen LogP contribution >= 0.6 is 11.8 Å². The quantitative estimate of drug-likeness (QED) is 0.832. The monoisotopic (exact) mass is 211 g/mol. The molecule has 1 fully saturated rings. The van der Waals surface area contributed by atoms with E-state index in [4.69, 9.17) is 4.42 Å². The molecule has 2 rings (SSSR count). The summed E-state index contributed by atoms with van der Waals surface area (Å²) in [6, 6.07) is 4.83. The number of hydrogen-bond donors (Lipinski definition) is 1. The molecule has 2 unspecified atom stereocenters. The molecule has 1 aromatic rings. The fraction of sp³-hybridized carbons (Fsp3) is 0.636. The van der Waals surface area contributed by atoms with Crippen molar-refractivity contribution in [2.45, 2.75) is 38.1 Å². The molecule has 0 radical (unpaired) electrons. The number of thioether (sulfide) groups is 1. The fourth-order valence-corrected chi connectivity index (χ4v) is 2.98. The lowest BCUT2D eigenvalue weighted by Crippen LogP contribution is -2.24. The Hall–Kier alpha value is -0.410. The Balaban J connectivity index is 2.02. The van der Waals surface area contributed by atoms with E-state index in [1.807, 2.05) is 11.8 Å². The SMILES string of the molecule is CCc1ccc(C2NC(CC)CS2)o1. The van der Waals surface area contributed by atoms with Crippen LogP contribution < -0.4 is 5.32 Å². The summed E-state index contributed by atoms with van der Waals surface area (Å²) in [5.41, 5.74) is 0. The molecule has 2 nitrogen and oxygen atoms in total. The molecule has 1 aromatic heterocycles. The van der Waals surface area contributed by atoms with Crippen molar-refractivity contribution in [3.63, 3.8) is 0 Å². The molecule has 2 atom stereocenters. The van der Waals surface area contributed by atoms with E-state index in [0.717, 1.165) is 17.9 Å². The van der Waals surface area contributed by atoms with Crippen LogP contribution in [0.15, 0.2) is 16.5 Å². The van der Waals surface area contributed by atoms with Crippen LogP contribution in [0.1, 0.15) is 37.2 Å². The zero-order chi connectivity index (χ0) is 9.97. The van der Waals surface area contributed by atoms with Gasteiger partial charge in [0.1, 0.15) is 16.9 Å². The maximum Gasteiger partial charge on any atom is 0.131 e. The van der Waals surface area contributed by atoms with Crippen molar-refractivity contribution in [3.05, 3.63) is 23.7 Å². The van der Waals surface area contributed by atoms with E-state index in [1.54, 1.807) is 0 Å². The number of rotatable bonds is 3. The second-order valence-electron chi connectivity index (χ2n) is 3.64. The maximum atomic E-state index is 5.73. The van der Waals surface area contributed by atoms with Crippen LogP contribution in [0.25, 0.3) is 0 Å². The summed E-state index contributed by atoms with van der Waals surface area (Å²) in [6.07, 6.45) is 2.18. The summed E-state index contributed by atoms with van der Waals surface area (Å²) in [5.74, 6) is 3.37. The summed E-state index contributed by atoms with van der Waals surface area (Å²) in [4.78, 5) is 0. The topological polar surface area (TPSA) is 25.2 Å². The lowest BCUT2D eigenvalue weighted by molar-refractivity contribution is 0.435. The van der Waals surface area contributed by atoms with Crippen molar-refractivity contribution in [1.82, 2.24) is 5.32 Å². The van der Waals surface area contributed by atoms with Gasteiger partial charge < -0.3 is 4.42 Å². The van der Waals surface area contributed by atoms with E-state index < -0.39 is 0 Å². The van der Waals surface area contributed by atoms with Crippen LogP contribution in [0.3, 0.4) is 0 Å². The predicted octanol–water partition coefficient (Wildman–Crippen LogP) is 2.96. The molecule has 1 saturated heterocycles. The summed E-state index contributed by atoms with van der Waals surface area (Å²) in [6.45, 7) is 4.34. The van der Waals surface area contributed by atoms with Crippen LogP contribution in [-0.4, -0.2) is 11.8 Å². The number of furan rings is 1. The molecule has 0 spiro atoms. The summed E-state index contributed by atoms with van der Waals surface area (Å²) in [5, 5.41) is 3.94. The van der Waals surface area contributed by atoms with Gasteiger partial charge in [0.2, 0.25) is 0 Å². The molecular weight excluding hydrogens is 194 g/mol. The van der Waals surface area contributed by atoms with Gasteiger partial charge in [0.25, 0.3) is 0 Å². The Bertz CT molecular complexity index is 297. The zero-order valence-corrected chi connectivity index (χ0v) is 9.56. The maximum absolute atomic E-state index is 5.73. The Morgan fingerprint density at radius 3 is 2.93 bits per heavy atom. The van der Waals surface area contributed by atoms with E-state index >= 15 is 0 Å². The van der Waals surface area contributed by atoms with Gasteiger partial charge in [-0.1, -0.05) is 13.8 Å². The molecule has 78 valence electrons. The minimum Gasteiger partial charge on any atom is -0.464 e. The molecule has 0 amide bonds. The highest BCUT2D eigenvalue weighted by Crippen LogP contribution is 2.34. The molecule has 0 saturated carbocycles. The Morgan fingerprint density at radius 1 is 1.50 bits per heavy atom. The van der Waals surface area contributed by atoms with E-state index in [-0.39, 0.29) is 0 Å². The van der Waals surface area contributed by atoms with Crippen molar-refractivity contribution in [2.24, 2.45) is 0 Å². The van der Waals surface area contributed by atoms with Gasteiger partial charge in [-0.3, -0.25) is 5.32 Å². The van der Waals surface area contributed by atoms with Gasteiger partial charge in [-0.05, 0) is 18.6 Å². The van der Waals surface area contributed by atoms with Gasteiger partial charge in [0.05, 0.1) is 0 Å². The van der Waals surface area contributed by atoms with Gasteiger partial charge in [-0.15, -0.1) is 11.8 Å². The molecule has 3 heteroatoms. The molecule has 1 N–H and O–H groups in total. The predicted molar refractivity (Wildman–Crippen MR) is 60.5 cm³/mol. The molecular formula is C11H17NOS. The van der Waals surface area contributed by atoms with Crippen LogP contribution in [0, 0.1) is 0 Å². The average Bonchev–Trinajstić information content (AvgIpc) is 2.86. The van der Waals surface area contributed by atoms with E-state index in [9.17, 15) is 0 Å². The normalized spacial score (nSPS) is 27.0. The molecule has 0 aliphatic carbocycles. The molecule has 1 aliphatic heterocycles. The fourth-order valence-electron chi connectivity index (χ4n) is 1.65. The number of nitrogens with one attached hydrogen (secondary N) is 1. The first-order valence-electron chi connectivity index (χ1n) is 5.29. The Morgan fingerprint density at radius 2 is 2.36 bits per heavy atom. The van der Waals surface area contributed by atoms with Crippen molar-refractivity contribution in [2.75, 3.05) is 5.75 Å². The first kappa shape index (κ1) is 10.1. The smallest absolute Gasteiger partial charge is 0.131 e. The second kappa shape index (κ2) is 4.41. The van der Waals surface area contributed by atoms with E-state index in [1.165, 1.54) is 12.2 Å². The van der Waals surface area contributed by atoms with Gasteiger partial charge in [-0.25, -0.2) is 0 Å². The molecule has 0 bridgehead atoms. The first-order valence-corrected chi connectivity index (χ1v) is 6.34. The standard InChI is InChI=1S/C11H17NOS/c1-3-8-7-14-11(12-8)10-6-5-9(4-2)13-10/h5-6,8,11-12H,3-4,7H2,1-2H3. The molecule has 1 aliphatic rings. The average molecular weight is 211 g/mol.